The minimum absolute atomic E-state index is 0. The summed E-state index contributed by atoms with van der Waals surface area (Å²) >= 11 is 1.84. The van der Waals surface area contributed by atoms with E-state index in [0.717, 1.165) is 45.4 Å². The van der Waals surface area contributed by atoms with Gasteiger partial charge >= 0.3 is 0 Å². The molecule has 1 aliphatic carbocycles. The maximum atomic E-state index is 5.57. The van der Waals surface area contributed by atoms with Crippen molar-refractivity contribution in [2.45, 2.75) is 51.1 Å². The molecule has 2 fully saturated rings. The lowest BCUT2D eigenvalue weighted by Gasteiger charge is -2.48. The zero-order valence-corrected chi connectivity index (χ0v) is 19.2. The number of nitrogens with one attached hydrogen (secondary N) is 2. The summed E-state index contributed by atoms with van der Waals surface area (Å²) in [7, 11) is 1.86. The molecule has 3 rings (SSSR count). The van der Waals surface area contributed by atoms with Crippen LogP contribution in [0.5, 0.6) is 0 Å². The molecule has 1 saturated carbocycles. The Hall–Kier alpha value is -0.380. The monoisotopic (exact) mass is 492 g/mol. The summed E-state index contributed by atoms with van der Waals surface area (Å²) < 4.78 is 5.57. The molecule has 1 aromatic rings. The summed E-state index contributed by atoms with van der Waals surface area (Å²) in [5, 5.41) is 7.08. The number of halogens is 1. The minimum atomic E-state index is 0. The lowest BCUT2D eigenvalue weighted by molar-refractivity contribution is -0.0352. The van der Waals surface area contributed by atoms with Crippen molar-refractivity contribution in [3.05, 3.63) is 21.9 Å². The topological polar surface area (TPSA) is 48.9 Å². The Bertz CT molecular complexity index is 566. The first-order chi connectivity index (χ1) is 12.2. The Kier molecular flexibility index (Phi) is 9.12. The molecule has 0 atom stereocenters. The highest BCUT2D eigenvalue weighted by Crippen LogP contribution is 2.33. The third-order valence-corrected chi connectivity index (χ3v) is 6.50. The number of aryl methyl sites for hydroxylation is 1. The third-order valence-electron chi connectivity index (χ3n) is 5.50. The highest BCUT2D eigenvalue weighted by Gasteiger charge is 2.38. The smallest absolute Gasteiger partial charge is 0.191 e. The van der Waals surface area contributed by atoms with E-state index in [0.29, 0.717) is 0 Å². The van der Waals surface area contributed by atoms with Gasteiger partial charge in [-0.3, -0.25) is 9.89 Å². The van der Waals surface area contributed by atoms with Gasteiger partial charge < -0.3 is 15.4 Å². The molecule has 0 unspecified atom stereocenters. The largest absolute Gasteiger partial charge is 0.379 e. The molecule has 0 radical (unpaired) electrons. The van der Waals surface area contributed by atoms with Gasteiger partial charge in [-0.15, -0.1) is 35.3 Å². The molecule has 0 spiro atoms. The molecule has 26 heavy (non-hydrogen) atoms. The number of hydrogen-bond donors (Lipinski definition) is 2. The van der Waals surface area contributed by atoms with E-state index in [4.69, 9.17) is 4.74 Å². The van der Waals surface area contributed by atoms with Crippen LogP contribution in [0.2, 0.25) is 0 Å². The zero-order chi connectivity index (χ0) is 17.5. The second-order valence-electron chi connectivity index (χ2n) is 7.18. The van der Waals surface area contributed by atoms with Crippen LogP contribution in [-0.2, 0) is 11.3 Å². The maximum absolute atomic E-state index is 5.57. The van der Waals surface area contributed by atoms with E-state index < -0.39 is 0 Å². The van der Waals surface area contributed by atoms with Gasteiger partial charge in [-0.1, -0.05) is 19.3 Å². The summed E-state index contributed by atoms with van der Waals surface area (Å²) in [6.45, 7) is 7.80. The SMILES string of the molecule is CN=C(NCc1ccc(C)s1)NCC1(N2CCOCC2)CCCCC1.I. The van der Waals surface area contributed by atoms with Crippen LogP contribution in [0.3, 0.4) is 0 Å². The van der Waals surface area contributed by atoms with Crippen molar-refractivity contribution in [2.75, 3.05) is 39.9 Å². The summed E-state index contributed by atoms with van der Waals surface area (Å²) in [5.74, 6) is 0.907. The van der Waals surface area contributed by atoms with Crippen LogP contribution in [0.1, 0.15) is 41.9 Å². The highest BCUT2D eigenvalue weighted by atomic mass is 127. The van der Waals surface area contributed by atoms with E-state index >= 15 is 0 Å². The van der Waals surface area contributed by atoms with Crippen molar-refractivity contribution < 1.29 is 4.74 Å². The first kappa shape index (κ1) is 21.9. The number of rotatable bonds is 5. The fourth-order valence-electron chi connectivity index (χ4n) is 4.07. The number of morpholine rings is 1. The van der Waals surface area contributed by atoms with Gasteiger partial charge in [0.2, 0.25) is 0 Å². The van der Waals surface area contributed by atoms with Gasteiger partial charge in [0.15, 0.2) is 5.96 Å². The van der Waals surface area contributed by atoms with Crippen molar-refractivity contribution >= 4 is 41.3 Å². The maximum Gasteiger partial charge on any atom is 0.191 e. The summed E-state index contributed by atoms with van der Waals surface area (Å²) in [6, 6.07) is 4.37. The van der Waals surface area contributed by atoms with Crippen LogP contribution in [0, 0.1) is 6.92 Å². The molecule has 7 heteroatoms. The van der Waals surface area contributed by atoms with Crippen molar-refractivity contribution in [3.63, 3.8) is 0 Å². The third kappa shape index (κ3) is 5.81. The van der Waals surface area contributed by atoms with Gasteiger partial charge in [-0.2, -0.15) is 0 Å². The number of aliphatic imine (C=N–C) groups is 1. The van der Waals surface area contributed by atoms with Crippen molar-refractivity contribution in [3.8, 4) is 0 Å². The van der Waals surface area contributed by atoms with Gasteiger partial charge in [-0.25, -0.2) is 0 Å². The molecule has 2 aliphatic rings. The summed E-state index contributed by atoms with van der Waals surface area (Å²) in [4.78, 5) is 9.79. The molecule has 148 valence electrons. The van der Waals surface area contributed by atoms with Crippen LogP contribution in [0.15, 0.2) is 17.1 Å². The molecular weight excluding hydrogens is 459 g/mol. The second-order valence-corrected chi connectivity index (χ2v) is 8.55. The molecule has 0 bridgehead atoms. The van der Waals surface area contributed by atoms with Gasteiger partial charge in [0.25, 0.3) is 0 Å². The molecule has 5 nitrogen and oxygen atoms in total. The molecule has 1 aromatic heterocycles. The number of guanidine groups is 1. The highest BCUT2D eigenvalue weighted by molar-refractivity contribution is 14.0. The van der Waals surface area contributed by atoms with Crippen LogP contribution in [0.25, 0.3) is 0 Å². The van der Waals surface area contributed by atoms with Crippen molar-refractivity contribution in [2.24, 2.45) is 4.99 Å². The van der Waals surface area contributed by atoms with E-state index in [-0.39, 0.29) is 29.5 Å². The van der Waals surface area contributed by atoms with Crippen LogP contribution < -0.4 is 10.6 Å². The average molecular weight is 492 g/mol. The average Bonchev–Trinajstić information content (AvgIpc) is 3.08. The predicted octanol–water partition coefficient (Wildman–Crippen LogP) is 3.37. The Morgan fingerprint density at radius 3 is 2.54 bits per heavy atom. The second kappa shape index (κ2) is 10.8. The predicted molar refractivity (Wildman–Crippen MR) is 121 cm³/mol. The van der Waals surface area contributed by atoms with E-state index in [1.165, 1.54) is 41.9 Å². The summed E-state index contributed by atoms with van der Waals surface area (Å²) in [6.07, 6.45) is 6.60. The number of ether oxygens (including phenoxy) is 1. The Balaban J connectivity index is 0.00000243. The molecule has 1 aliphatic heterocycles. The van der Waals surface area contributed by atoms with Gasteiger partial charge in [0.05, 0.1) is 19.8 Å². The van der Waals surface area contributed by atoms with Crippen LogP contribution in [-0.4, -0.2) is 56.3 Å². The zero-order valence-electron chi connectivity index (χ0n) is 16.1. The Labute approximate surface area is 179 Å². The van der Waals surface area contributed by atoms with Gasteiger partial charge in [-0.05, 0) is 31.9 Å². The Morgan fingerprint density at radius 1 is 1.19 bits per heavy atom. The lowest BCUT2D eigenvalue weighted by Crippen LogP contribution is -2.60. The number of thiophene rings is 1. The van der Waals surface area contributed by atoms with Gasteiger partial charge in [0, 0.05) is 42.0 Å². The molecule has 0 amide bonds. The fraction of sp³-hybridized carbons (Fsp3) is 0.737. The first-order valence-electron chi connectivity index (χ1n) is 9.54. The summed E-state index contributed by atoms with van der Waals surface area (Å²) in [5.41, 5.74) is 0.263. The number of nitrogens with zero attached hydrogens (tertiary/aromatic N) is 2. The van der Waals surface area contributed by atoms with Crippen molar-refractivity contribution in [1.82, 2.24) is 15.5 Å². The van der Waals surface area contributed by atoms with Gasteiger partial charge in [0.1, 0.15) is 0 Å². The van der Waals surface area contributed by atoms with E-state index in [1.54, 1.807) is 0 Å². The normalized spacial score (nSPS) is 21.1. The Morgan fingerprint density at radius 2 is 1.92 bits per heavy atom. The standard InChI is InChI=1S/C19H32N4OS.HI/c1-16-6-7-17(25-16)14-21-18(20-2)22-15-19(8-4-3-5-9-19)23-10-12-24-13-11-23;/h6-7H,3-5,8-15H2,1-2H3,(H2,20,21,22);1H. The fourth-order valence-corrected chi connectivity index (χ4v) is 4.90. The molecule has 2 N–H and O–H groups in total. The molecule has 2 heterocycles. The van der Waals surface area contributed by atoms with Crippen molar-refractivity contribution in [1.29, 1.82) is 0 Å². The lowest BCUT2D eigenvalue weighted by atomic mass is 9.80. The van der Waals surface area contributed by atoms with E-state index in [2.05, 4.69) is 39.6 Å². The quantitative estimate of drug-likeness (QED) is 0.376. The molecule has 0 aromatic carbocycles. The molecule has 1 saturated heterocycles. The van der Waals surface area contributed by atoms with Crippen LogP contribution in [0.4, 0.5) is 0 Å². The number of hydrogen-bond acceptors (Lipinski definition) is 4. The molecular formula is C19H33IN4OS. The van der Waals surface area contributed by atoms with E-state index in [9.17, 15) is 0 Å². The minimum Gasteiger partial charge on any atom is -0.379 e. The van der Waals surface area contributed by atoms with E-state index in [1.807, 2.05) is 18.4 Å². The van der Waals surface area contributed by atoms with Crippen LogP contribution >= 0.6 is 35.3 Å². The first-order valence-corrected chi connectivity index (χ1v) is 10.4.